The average Bonchev–Trinajstić information content (AvgIpc) is 2.65. The molecule has 1 aliphatic rings. The molecule has 1 saturated heterocycles. The minimum atomic E-state index is -0.0138. The zero-order valence-corrected chi connectivity index (χ0v) is 13.5. The zero-order chi connectivity index (χ0) is 16.5. The Hall–Kier alpha value is -2.96. The van der Waals surface area contributed by atoms with Crippen molar-refractivity contribution in [3.63, 3.8) is 0 Å². The number of piperazine rings is 1. The molecule has 1 aromatic carbocycles. The van der Waals surface area contributed by atoms with Gasteiger partial charge in [-0.25, -0.2) is 15.0 Å². The highest BCUT2D eigenvalue weighted by Crippen LogP contribution is 2.21. The Morgan fingerprint density at radius 3 is 2.54 bits per heavy atom. The Kier molecular flexibility index (Phi) is 3.60. The summed E-state index contributed by atoms with van der Waals surface area (Å²) >= 11 is 0. The SMILES string of the molecule is Cn1cnc2cc(N3CCN(c4ccncn4)CC3)ccc2c1=O. The Balaban J connectivity index is 1.54. The predicted molar refractivity (Wildman–Crippen MR) is 93.4 cm³/mol. The van der Waals surface area contributed by atoms with Crippen molar-refractivity contribution in [3.05, 3.63) is 53.5 Å². The van der Waals surface area contributed by atoms with E-state index in [9.17, 15) is 4.79 Å². The van der Waals surface area contributed by atoms with Gasteiger partial charge < -0.3 is 14.4 Å². The summed E-state index contributed by atoms with van der Waals surface area (Å²) in [6, 6.07) is 7.81. The first-order valence-electron chi connectivity index (χ1n) is 7.94. The maximum Gasteiger partial charge on any atom is 0.260 e. The number of aryl methyl sites for hydroxylation is 1. The quantitative estimate of drug-likeness (QED) is 0.702. The van der Waals surface area contributed by atoms with Gasteiger partial charge in [0.1, 0.15) is 12.1 Å². The van der Waals surface area contributed by atoms with Crippen LogP contribution in [0.15, 0.2) is 47.9 Å². The smallest absolute Gasteiger partial charge is 0.260 e. The number of hydrogen-bond donors (Lipinski definition) is 0. The van der Waals surface area contributed by atoms with Crippen LogP contribution < -0.4 is 15.4 Å². The third kappa shape index (κ3) is 2.58. The van der Waals surface area contributed by atoms with E-state index < -0.39 is 0 Å². The molecule has 0 radical (unpaired) electrons. The number of benzene rings is 1. The molecule has 0 unspecified atom stereocenters. The van der Waals surface area contributed by atoms with E-state index in [0.717, 1.165) is 43.2 Å². The molecule has 2 aromatic heterocycles. The summed E-state index contributed by atoms with van der Waals surface area (Å²) in [7, 11) is 1.72. The molecule has 4 rings (SSSR count). The molecule has 3 aromatic rings. The van der Waals surface area contributed by atoms with Gasteiger partial charge in [0.15, 0.2) is 0 Å². The van der Waals surface area contributed by atoms with Crippen molar-refractivity contribution >= 4 is 22.4 Å². The van der Waals surface area contributed by atoms with Gasteiger partial charge in [0.2, 0.25) is 0 Å². The van der Waals surface area contributed by atoms with Gasteiger partial charge in [0.05, 0.1) is 17.2 Å². The molecule has 0 atom stereocenters. The van der Waals surface area contributed by atoms with Gasteiger partial charge in [-0.15, -0.1) is 0 Å². The lowest BCUT2D eigenvalue weighted by atomic mass is 10.2. The summed E-state index contributed by atoms with van der Waals surface area (Å²) < 4.78 is 1.50. The molecule has 0 amide bonds. The first-order chi connectivity index (χ1) is 11.7. The van der Waals surface area contributed by atoms with E-state index in [1.807, 2.05) is 24.3 Å². The maximum absolute atomic E-state index is 12.1. The molecule has 7 heteroatoms. The Morgan fingerprint density at radius 1 is 1.00 bits per heavy atom. The second-order valence-electron chi connectivity index (χ2n) is 5.90. The fourth-order valence-electron chi connectivity index (χ4n) is 3.06. The summed E-state index contributed by atoms with van der Waals surface area (Å²) in [4.78, 5) is 29.3. The summed E-state index contributed by atoms with van der Waals surface area (Å²) in [5.41, 5.74) is 1.83. The average molecular weight is 322 g/mol. The van der Waals surface area contributed by atoms with Crippen LogP contribution in [0, 0.1) is 0 Å². The normalized spacial score (nSPS) is 15.0. The lowest BCUT2D eigenvalue weighted by Crippen LogP contribution is -2.46. The molecule has 3 heterocycles. The fourth-order valence-corrected chi connectivity index (χ4v) is 3.06. The highest BCUT2D eigenvalue weighted by Gasteiger charge is 2.18. The third-order valence-electron chi connectivity index (χ3n) is 4.44. The third-order valence-corrected chi connectivity index (χ3v) is 4.44. The molecule has 1 aliphatic heterocycles. The lowest BCUT2D eigenvalue weighted by Gasteiger charge is -2.36. The molecule has 122 valence electrons. The standard InChI is InChI=1S/C17H18N6O/c1-21-12-20-15-10-13(2-3-14(15)17(21)24)22-6-8-23(9-7-22)16-4-5-18-11-19-16/h2-5,10-12H,6-9H2,1H3. The molecule has 1 fully saturated rings. The number of nitrogens with zero attached hydrogens (tertiary/aromatic N) is 6. The van der Waals surface area contributed by atoms with E-state index in [1.54, 1.807) is 25.9 Å². The van der Waals surface area contributed by atoms with Crippen molar-refractivity contribution in [2.75, 3.05) is 36.0 Å². The van der Waals surface area contributed by atoms with Crippen LogP contribution in [0.4, 0.5) is 11.5 Å². The van der Waals surface area contributed by atoms with Crippen molar-refractivity contribution in [2.24, 2.45) is 7.05 Å². The molecular formula is C17H18N6O. The van der Waals surface area contributed by atoms with E-state index in [4.69, 9.17) is 0 Å². The van der Waals surface area contributed by atoms with Crippen LogP contribution in [0.2, 0.25) is 0 Å². The number of rotatable bonds is 2. The summed E-state index contributed by atoms with van der Waals surface area (Å²) in [6.45, 7) is 3.61. The van der Waals surface area contributed by atoms with Crippen molar-refractivity contribution in [3.8, 4) is 0 Å². The van der Waals surface area contributed by atoms with Crippen LogP contribution in [0.1, 0.15) is 0 Å². The molecule has 0 saturated carbocycles. The van der Waals surface area contributed by atoms with Crippen LogP contribution in [-0.4, -0.2) is 45.7 Å². The van der Waals surface area contributed by atoms with Gasteiger partial charge in [-0.2, -0.15) is 0 Å². The second-order valence-corrected chi connectivity index (χ2v) is 5.90. The Bertz CT molecular complexity index is 915. The Labute approximate surface area is 139 Å². The van der Waals surface area contributed by atoms with Gasteiger partial charge in [-0.05, 0) is 24.3 Å². The zero-order valence-electron chi connectivity index (χ0n) is 13.5. The Morgan fingerprint density at radius 2 is 1.79 bits per heavy atom. The van der Waals surface area contributed by atoms with Gasteiger partial charge >= 0.3 is 0 Å². The highest BCUT2D eigenvalue weighted by atomic mass is 16.1. The summed E-state index contributed by atoms with van der Waals surface area (Å²) in [5.74, 6) is 0.966. The minimum absolute atomic E-state index is 0.0138. The van der Waals surface area contributed by atoms with Crippen molar-refractivity contribution < 1.29 is 0 Å². The van der Waals surface area contributed by atoms with E-state index in [0.29, 0.717) is 5.39 Å². The summed E-state index contributed by atoms with van der Waals surface area (Å²) in [5, 5.41) is 0.656. The first kappa shape index (κ1) is 14.6. The maximum atomic E-state index is 12.1. The van der Waals surface area contributed by atoms with E-state index in [2.05, 4.69) is 24.8 Å². The summed E-state index contributed by atoms with van der Waals surface area (Å²) in [6.07, 6.45) is 4.92. The molecule has 0 bridgehead atoms. The van der Waals surface area contributed by atoms with Crippen molar-refractivity contribution in [1.29, 1.82) is 0 Å². The van der Waals surface area contributed by atoms with Crippen LogP contribution in [0.5, 0.6) is 0 Å². The highest BCUT2D eigenvalue weighted by molar-refractivity contribution is 5.81. The monoisotopic (exact) mass is 322 g/mol. The molecule has 7 nitrogen and oxygen atoms in total. The number of hydrogen-bond acceptors (Lipinski definition) is 6. The minimum Gasteiger partial charge on any atom is -0.368 e. The molecule has 0 N–H and O–H groups in total. The van der Waals surface area contributed by atoms with Crippen LogP contribution >= 0.6 is 0 Å². The lowest BCUT2D eigenvalue weighted by molar-refractivity contribution is 0.647. The number of fused-ring (bicyclic) bond motifs is 1. The van der Waals surface area contributed by atoms with Crippen LogP contribution in [0.3, 0.4) is 0 Å². The van der Waals surface area contributed by atoms with Crippen molar-refractivity contribution in [1.82, 2.24) is 19.5 Å². The largest absolute Gasteiger partial charge is 0.368 e. The predicted octanol–water partition coefficient (Wildman–Crippen LogP) is 1.05. The molecular weight excluding hydrogens is 304 g/mol. The number of anilines is 2. The van der Waals surface area contributed by atoms with Gasteiger partial charge in [-0.3, -0.25) is 4.79 Å². The first-order valence-corrected chi connectivity index (χ1v) is 7.94. The topological polar surface area (TPSA) is 67.2 Å². The number of aromatic nitrogens is 4. The van der Waals surface area contributed by atoms with Gasteiger partial charge in [0.25, 0.3) is 5.56 Å². The van der Waals surface area contributed by atoms with E-state index in [-0.39, 0.29) is 5.56 Å². The van der Waals surface area contributed by atoms with Crippen molar-refractivity contribution in [2.45, 2.75) is 0 Å². The van der Waals surface area contributed by atoms with E-state index in [1.165, 1.54) is 4.57 Å². The second kappa shape index (κ2) is 5.92. The molecule has 0 aliphatic carbocycles. The molecule has 24 heavy (non-hydrogen) atoms. The van der Waals surface area contributed by atoms with Gasteiger partial charge in [0, 0.05) is 45.1 Å². The molecule has 0 spiro atoms. The van der Waals surface area contributed by atoms with Crippen LogP contribution in [-0.2, 0) is 7.05 Å². The van der Waals surface area contributed by atoms with Crippen LogP contribution in [0.25, 0.3) is 10.9 Å². The van der Waals surface area contributed by atoms with Gasteiger partial charge in [-0.1, -0.05) is 0 Å². The fraction of sp³-hybridized carbons (Fsp3) is 0.294. The van der Waals surface area contributed by atoms with E-state index >= 15 is 0 Å².